The van der Waals surface area contributed by atoms with Crippen LogP contribution in [0.3, 0.4) is 0 Å². The Morgan fingerprint density at radius 2 is 1.71 bits per heavy atom. The summed E-state index contributed by atoms with van der Waals surface area (Å²) in [4.78, 5) is 28.2. The van der Waals surface area contributed by atoms with Gasteiger partial charge in [0.25, 0.3) is 5.91 Å². The van der Waals surface area contributed by atoms with E-state index >= 15 is 0 Å². The molecule has 0 spiro atoms. The second-order valence-corrected chi connectivity index (χ2v) is 5.72. The molecule has 0 atom stereocenters. The van der Waals surface area contributed by atoms with Gasteiger partial charge in [0.2, 0.25) is 5.91 Å². The molecule has 2 heterocycles. The van der Waals surface area contributed by atoms with E-state index < -0.39 is 0 Å². The molecule has 0 saturated carbocycles. The van der Waals surface area contributed by atoms with Gasteiger partial charge in [0, 0.05) is 51.0 Å². The third-order valence-corrected chi connectivity index (χ3v) is 4.44. The molecule has 1 saturated heterocycles. The summed E-state index contributed by atoms with van der Waals surface area (Å²) in [5, 5.41) is 0. The van der Waals surface area contributed by atoms with Crippen molar-refractivity contribution in [3.8, 4) is 0 Å². The van der Waals surface area contributed by atoms with E-state index in [2.05, 4.69) is 0 Å². The maximum absolute atomic E-state index is 12.7. The van der Waals surface area contributed by atoms with Crippen molar-refractivity contribution in [3.63, 3.8) is 0 Å². The first-order chi connectivity index (χ1) is 9.95. The summed E-state index contributed by atoms with van der Waals surface area (Å²) in [6.45, 7) is 8.61. The number of hydrogen-bond donors (Lipinski definition) is 0. The standard InChI is InChI=1S/C16H25N3O2/c1-5-15(20)18-7-6-8-19(10-9-18)16(21)14-11-12(2)17(4)13(14)3/h11H,5-10H2,1-4H3. The van der Waals surface area contributed by atoms with Gasteiger partial charge in [-0.05, 0) is 26.3 Å². The van der Waals surface area contributed by atoms with E-state index in [9.17, 15) is 9.59 Å². The number of rotatable bonds is 2. The molecule has 2 rings (SSSR count). The quantitative estimate of drug-likeness (QED) is 0.833. The lowest BCUT2D eigenvalue weighted by Crippen LogP contribution is -2.37. The average Bonchev–Trinajstić information content (AvgIpc) is 2.68. The predicted octanol–water partition coefficient (Wildman–Crippen LogP) is 1.73. The Morgan fingerprint density at radius 3 is 2.29 bits per heavy atom. The van der Waals surface area contributed by atoms with Gasteiger partial charge in [0.1, 0.15) is 0 Å². The first kappa shape index (κ1) is 15.6. The van der Waals surface area contributed by atoms with E-state index in [1.54, 1.807) is 0 Å². The Morgan fingerprint density at radius 1 is 1.10 bits per heavy atom. The van der Waals surface area contributed by atoms with Crippen LogP contribution in [0.1, 0.15) is 41.5 Å². The summed E-state index contributed by atoms with van der Waals surface area (Å²) >= 11 is 0. The maximum Gasteiger partial charge on any atom is 0.255 e. The minimum atomic E-state index is 0.0852. The molecule has 0 bridgehead atoms. The molecule has 1 aliphatic heterocycles. The van der Waals surface area contributed by atoms with Crippen LogP contribution >= 0.6 is 0 Å². The van der Waals surface area contributed by atoms with Crippen LogP contribution in [0.25, 0.3) is 0 Å². The first-order valence-electron chi connectivity index (χ1n) is 7.65. The third-order valence-electron chi connectivity index (χ3n) is 4.44. The van der Waals surface area contributed by atoms with E-state index in [0.29, 0.717) is 19.5 Å². The number of carbonyl (C=O) groups is 2. The second kappa shape index (κ2) is 6.33. The third kappa shape index (κ3) is 3.12. The van der Waals surface area contributed by atoms with Crippen molar-refractivity contribution in [1.29, 1.82) is 0 Å². The summed E-state index contributed by atoms with van der Waals surface area (Å²) in [5.41, 5.74) is 2.88. The Balaban J connectivity index is 2.10. The smallest absolute Gasteiger partial charge is 0.255 e. The second-order valence-electron chi connectivity index (χ2n) is 5.72. The monoisotopic (exact) mass is 291 g/mol. The molecule has 1 aliphatic rings. The number of nitrogens with zero attached hydrogens (tertiary/aromatic N) is 3. The summed E-state index contributed by atoms with van der Waals surface area (Å²) in [6, 6.07) is 1.96. The van der Waals surface area contributed by atoms with Crippen molar-refractivity contribution in [2.24, 2.45) is 7.05 Å². The number of carbonyl (C=O) groups excluding carboxylic acids is 2. The van der Waals surface area contributed by atoms with E-state index in [4.69, 9.17) is 0 Å². The molecule has 0 aliphatic carbocycles. The number of amides is 2. The Hall–Kier alpha value is -1.78. The lowest BCUT2D eigenvalue weighted by Gasteiger charge is -2.22. The van der Waals surface area contributed by atoms with Crippen molar-refractivity contribution in [2.45, 2.75) is 33.6 Å². The number of aromatic nitrogens is 1. The molecule has 5 heteroatoms. The first-order valence-corrected chi connectivity index (χ1v) is 7.65. The van der Waals surface area contributed by atoms with Gasteiger partial charge in [-0.3, -0.25) is 9.59 Å². The fourth-order valence-corrected chi connectivity index (χ4v) is 2.84. The number of hydrogen-bond acceptors (Lipinski definition) is 2. The molecule has 0 radical (unpaired) electrons. The zero-order valence-electron chi connectivity index (χ0n) is 13.5. The molecular weight excluding hydrogens is 266 g/mol. The van der Waals surface area contributed by atoms with E-state index in [1.165, 1.54) is 0 Å². The SMILES string of the molecule is CCC(=O)N1CCCN(C(=O)c2cc(C)n(C)c2C)CC1. The van der Waals surface area contributed by atoms with Crippen molar-refractivity contribution in [3.05, 3.63) is 23.0 Å². The molecule has 0 unspecified atom stereocenters. The predicted molar refractivity (Wildman–Crippen MR) is 82.3 cm³/mol. The van der Waals surface area contributed by atoms with Crippen LogP contribution in [0.2, 0.25) is 0 Å². The summed E-state index contributed by atoms with van der Waals surface area (Å²) in [5.74, 6) is 0.262. The zero-order chi connectivity index (χ0) is 15.6. The Labute approximate surface area is 126 Å². The molecule has 1 fully saturated rings. The van der Waals surface area contributed by atoms with Crippen LogP contribution in [0.4, 0.5) is 0 Å². The van der Waals surface area contributed by atoms with Gasteiger partial charge < -0.3 is 14.4 Å². The molecule has 0 N–H and O–H groups in total. The molecule has 1 aromatic heterocycles. The fraction of sp³-hybridized carbons (Fsp3) is 0.625. The van der Waals surface area contributed by atoms with E-state index in [0.717, 1.165) is 36.5 Å². The maximum atomic E-state index is 12.7. The minimum absolute atomic E-state index is 0.0852. The zero-order valence-corrected chi connectivity index (χ0v) is 13.5. The highest BCUT2D eigenvalue weighted by Gasteiger charge is 2.24. The normalized spacial score (nSPS) is 16.0. The summed E-state index contributed by atoms with van der Waals surface area (Å²) in [6.07, 6.45) is 1.38. The van der Waals surface area contributed by atoms with Crippen LogP contribution in [0.15, 0.2) is 6.07 Å². The summed E-state index contributed by atoms with van der Waals surface area (Å²) < 4.78 is 2.04. The van der Waals surface area contributed by atoms with Gasteiger partial charge in [-0.2, -0.15) is 0 Å². The molecular formula is C16H25N3O2. The van der Waals surface area contributed by atoms with Gasteiger partial charge >= 0.3 is 0 Å². The van der Waals surface area contributed by atoms with Gasteiger partial charge in [-0.1, -0.05) is 6.92 Å². The minimum Gasteiger partial charge on any atom is -0.351 e. The van der Waals surface area contributed by atoms with Gasteiger partial charge in [-0.15, -0.1) is 0 Å². The van der Waals surface area contributed by atoms with Gasteiger partial charge in [0.15, 0.2) is 0 Å². The Kier molecular flexibility index (Phi) is 4.70. The van der Waals surface area contributed by atoms with E-state index in [1.807, 2.05) is 48.3 Å². The van der Waals surface area contributed by atoms with Crippen LogP contribution < -0.4 is 0 Å². The Bertz CT molecular complexity index is 548. The highest BCUT2D eigenvalue weighted by atomic mass is 16.2. The fourth-order valence-electron chi connectivity index (χ4n) is 2.84. The largest absolute Gasteiger partial charge is 0.351 e. The average molecular weight is 291 g/mol. The molecule has 21 heavy (non-hydrogen) atoms. The highest BCUT2D eigenvalue weighted by Crippen LogP contribution is 2.17. The van der Waals surface area contributed by atoms with Crippen LogP contribution in [0, 0.1) is 13.8 Å². The van der Waals surface area contributed by atoms with Crippen LogP contribution in [-0.4, -0.2) is 52.4 Å². The number of aryl methyl sites for hydroxylation is 1. The van der Waals surface area contributed by atoms with Crippen LogP contribution in [0.5, 0.6) is 0 Å². The lowest BCUT2D eigenvalue weighted by atomic mass is 10.2. The van der Waals surface area contributed by atoms with Crippen LogP contribution in [-0.2, 0) is 11.8 Å². The highest BCUT2D eigenvalue weighted by molar-refractivity contribution is 5.95. The molecule has 5 nitrogen and oxygen atoms in total. The van der Waals surface area contributed by atoms with Crippen molar-refractivity contribution >= 4 is 11.8 Å². The van der Waals surface area contributed by atoms with E-state index in [-0.39, 0.29) is 11.8 Å². The molecule has 0 aromatic carbocycles. The topological polar surface area (TPSA) is 45.6 Å². The van der Waals surface area contributed by atoms with Crippen molar-refractivity contribution < 1.29 is 9.59 Å². The lowest BCUT2D eigenvalue weighted by molar-refractivity contribution is -0.130. The summed E-state index contributed by atoms with van der Waals surface area (Å²) in [7, 11) is 1.98. The van der Waals surface area contributed by atoms with Gasteiger partial charge in [0.05, 0.1) is 5.56 Å². The molecule has 1 aromatic rings. The van der Waals surface area contributed by atoms with Crippen molar-refractivity contribution in [2.75, 3.05) is 26.2 Å². The van der Waals surface area contributed by atoms with Gasteiger partial charge in [-0.25, -0.2) is 0 Å². The van der Waals surface area contributed by atoms with Crippen molar-refractivity contribution in [1.82, 2.24) is 14.4 Å². The molecule has 2 amide bonds. The molecule has 116 valence electrons.